The van der Waals surface area contributed by atoms with E-state index in [0.717, 1.165) is 10.0 Å². The number of hydrogen-bond acceptors (Lipinski definition) is 2. The fourth-order valence-corrected chi connectivity index (χ4v) is 2.25. The van der Waals surface area contributed by atoms with Gasteiger partial charge >= 0.3 is 0 Å². The van der Waals surface area contributed by atoms with Crippen LogP contribution in [-0.4, -0.2) is 9.97 Å². The maximum absolute atomic E-state index is 13.6. The van der Waals surface area contributed by atoms with Crippen LogP contribution in [0.4, 0.5) is 10.1 Å². The van der Waals surface area contributed by atoms with Crippen LogP contribution in [0.15, 0.2) is 40.9 Å². The number of fused-ring (bicyclic) bond motifs is 1. The van der Waals surface area contributed by atoms with Crippen molar-refractivity contribution in [3.8, 4) is 11.4 Å². The summed E-state index contributed by atoms with van der Waals surface area (Å²) in [5.41, 5.74) is 8.26. The van der Waals surface area contributed by atoms with Crippen LogP contribution < -0.4 is 5.73 Å². The molecule has 2 aromatic carbocycles. The van der Waals surface area contributed by atoms with Gasteiger partial charge in [-0.3, -0.25) is 0 Å². The summed E-state index contributed by atoms with van der Waals surface area (Å²) in [6, 6.07) is 10.3. The van der Waals surface area contributed by atoms with Gasteiger partial charge in [0.15, 0.2) is 5.82 Å². The number of nitrogens with zero attached hydrogens (tertiary/aromatic N) is 1. The molecule has 3 N–H and O–H groups in total. The van der Waals surface area contributed by atoms with Crippen molar-refractivity contribution in [2.24, 2.45) is 0 Å². The molecule has 0 saturated carbocycles. The van der Waals surface area contributed by atoms with Gasteiger partial charge in [-0.05, 0) is 30.3 Å². The molecule has 0 bridgehead atoms. The summed E-state index contributed by atoms with van der Waals surface area (Å²) in [6.45, 7) is 0. The van der Waals surface area contributed by atoms with Crippen LogP contribution in [-0.2, 0) is 0 Å². The molecular weight excluding hydrogens is 297 g/mol. The first-order chi connectivity index (χ1) is 8.65. The van der Waals surface area contributed by atoms with Crippen molar-refractivity contribution >= 4 is 32.7 Å². The van der Waals surface area contributed by atoms with Crippen LogP contribution >= 0.6 is 15.9 Å². The number of aromatic nitrogens is 2. The van der Waals surface area contributed by atoms with Crippen molar-refractivity contribution in [3.05, 3.63) is 46.7 Å². The van der Waals surface area contributed by atoms with Crippen molar-refractivity contribution in [1.82, 2.24) is 9.97 Å². The van der Waals surface area contributed by atoms with Crippen molar-refractivity contribution in [3.63, 3.8) is 0 Å². The first-order valence-electron chi connectivity index (χ1n) is 5.35. The first-order valence-corrected chi connectivity index (χ1v) is 6.14. The maximum atomic E-state index is 13.6. The van der Waals surface area contributed by atoms with Crippen LogP contribution in [0.2, 0.25) is 0 Å². The van der Waals surface area contributed by atoms with E-state index in [0.29, 0.717) is 22.5 Å². The lowest BCUT2D eigenvalue weighted by Gasteiger charge is -2.02. The van der Waals surface area contributed by atoms with Gasteiger partial charge in [-0.1, -0.05) is 22.0 Å². The van der Waals surface area contributed by atoms with Crippen molar-refractivity contribution < 1.29 is 4.39 Å². The number of rotatable bonds is 1. The lowest BCUT2D eigenvalue weighted by Crippen LogP contribution is -1.91. The summed E-state index contributed by atoms with van der Waals surface area (Å²) in [4.78, 5) is 7.31. The molecule has 1 aromatic heterocycles. The molecule has 3 aromatic rings. The maximum Gasteiger partial charge on any atom is 0.151 e. The zero-order valence-electron chi connectivity index (χ0n) is 9.24. The summed E-state index contributed by atoms with van der Waals surface area (Å²) in [5, 5.41) is 0. The minimum absolute atomic E-state index is 0.329. The number of imidazole rings is 1. The van der Waals surface area contributed by atoms with Gasteiger partial charge in [0.2, 0.25) is 0 Å². The minimum Gasteiger partial charge on any atom is -0.398 e. The second-order valence-corrected chi connectivity index (χ2v) is 4.87. The largest absolute Gasteiger partial charge is 0.398 e. The van der Waals surface area contributed by atoms with Gasteiger partial charge in [0.05, 0.1) is 5.52 Å². The monoisotopic (exact) mass is 305 g/mol. The standard InChI is InChI=1S/C13H9BrFN3/c14-7-4-5-8(10(16)6-7)13-17-11-3-1-2-9(15)12(11)18-13/h1-6H,16H2,(H,17,18). The molecule has 0 spiro atoms. The summed E-state index contributed by atoms with van der Waals surface area (Å²) >= 11 is 3.34. The van der Waals surface area contributed by atoms with Crippen LogP contribution in [0.5, 0.6) is 0 Å². The molecule has 3 rings (SSSR count). The summed E-state index contributed by atoms with van der Waals surface area (Å²) < 4.78 is 14.5. The average molecular weight is 306 g/mol. The zero-order chi connectivity index (χ0) is 12.7. The van der Waals surface area contributed by atoms with Crippen molar-refractivity contribution in [1.29, 1.82) is 0 Å². The highest BCUT2D eigenvalue weighted by molar-refractivity contribution is 9.10. The predicted octanol–water partition coefficient (Wildman–Crippen LogP) is 3.71. The number of nitrogens with two attached hydrogens (primary N) is 1. The average Bonchev–Trinajstić information content (AvgIpc) is 2.74. The second-order valence-electron chi connectivity index (χ2n) is 3.95. The summed E-state index contributed by atoms with van der Waals surface area (Å²) in [7, 11) is 0. The van der Waals surface area contributed by atoms with Crippen LogP contribution in [0.3, 0.4) is 0 Å². The van der Waals surface area contributed by atoms with Gasteiger partial charge in [-0.25, -0.2) is 9.37 Å². The molecule has 0 unspecified atom stereocenters. The van der Waals surface area contributed by atoms with E-state index in [1.165, 1.54) is 6.07 Å². The number of nitrogens with one attached hydrogen (secondary N) is 1. The number of benzene rings is 2. The van der Waals surface area contributed by atoms with Crippen LogP contribution in [0.25, 0.3) is 22.4 Å². The Morgan fingerprint density at radius 3 is 2.78 bits per heavy atom. The highest BCUT2D eigenvalue weighted by Crippen LogP contribution is 2.28. The van der Waals surface area contributed by atoms with E-state index in [1.54, 1.807) is 18.2 Å². The molecule has 0 aliphatic carbocycles. The molecule has 0 saturated heterocycles. The Morgan fingerprint density at radius 2 is 2.06 bits per heavy atom. The first kappa shape index (κ1) is 11.2. The molecule has 0 radical (unpaired) electrons. The van der Waals surface area contributed by atoms with Crippen molar-refractivity contribution in [2.45, 2.75) is 0 Å². The normalized spacial score (nSPS) is 11.0. The topological polar surface area (TPSA) is 54.7 Å². The Bertz CT molecular complexity index is 736. The van der Waals surface area contributed by atoms with Crippen LogP contribution in [0, 0.1) is 5.82 Å². The number of hydrogen-bond donors (Lipinski definition) is 2. The van der Waals surface area contributed by atoms with E-state index in [1.807, 2.05) is 12.1 Å². The van der Waals surface area contributed by atoms with E-state index < -0.39 is 0 Å². The lowest BCUT2D eigenvalue weighted by atomic mass is 10.2. The Hall–Kier alpha value is -1.88. The summed E-state index contributed by atoms with van der Waals surface area (Å²) in [6.07, 6.45) is 0. The molecule has 0 atom stereocenters. The Balaban J connectivity index is 2.23. The quantitative estimate of drug-likeness (QED) is 0.673. The number of H-pyrrole nitrogens is 1. The van der Waals surface area contributed by atoms with E-state index in [4.69, 9.17) is 5.73 Å². The van der Waals surface area contributed by atoms with Gasteiger partial charge in [-0.15, -0.1) is 0 Å². The smallest absolute Gasteiger partial charge is 0.151 e. The van der Waals surface area contributed by atoms with E-state index in [-0.39, 0.29) is 5.82 Å². The van der Waals surface area contributed by atoms with Crippen molar-refractivity contribution in [2.75, 3.05) is 5.73 Å². The van der Waals surface area contributed by atoms with Gasteiger partial charge < -0.3 is 10.7 Å². The van der Waals surface area contributed by atoms with Gasteiger partial charge in [0.25, 0.3) is 0 Å². The Labute approximate surface area is 111 Å². The van der Waals surface area contributed by atoms with E-state index in [9.17, 15) is 4.39 Å². The third-order valence-electron chi connectivity index (χ3n) is 2.73. The fourth-order valence-electron chi connectivity index (χ4n) is 1.87. The van der Waals surface area contributed by atoms with E-state index >= 15 is 0 Å². The molecule has 18 heavy (non-hydrogen) atoms. The Morgan fingerprint density at radius 1 is 1.22 bits per heavy atom. The fraction of sp³-hybridized carbons (Fsp3) is 0. The molecule has 1 heterocycles. The SMILES string of the molecule is Nc1cc(Br)ccc1-c1nc2c(F)cccc2[nH]1. The molecular formula is C13H9BrFN3. The zero-order valence-corrected chi connectivity index (χ0v) is 10.8. The third-order valence-corrected chi connectivity index (χ3v) is 3.23. The molecule has 0 aliphatic rings. The highest BCUT2D eigenvalue weighted by Gasteiger charge is 2.10. The van der Waals surface area contributed by atoms with E-state index in [2.05, 4.69) is 25.9 Å². The molecule has 0 amide bonds. The van der Waals surface area contributed by atoms with Gasteiger partial charge in [0, 0.05) is 15.7 Å². The number of nitrogen functional groups attached to an aromatic ring is 1. The van der Waals surface area contributed by atoms with Crippen LogP contribution in [0.1, 0.15) is 0 Å². The number of para-hydroxylation sites is 1. The number of halogens is 2. The molecule has 0 fully saturated rings. The Kier molecular flexibility index (Phi) is 2.56. The number of aromatic amines is 1. The number of anilines is 1. The summed E-state index contributed by atoms with van der Waals surface area (Å²) in [5.74, 6) is 0.228. The molecule has 90 valence electrons. The van der Waals surface area contributed by atoms with Gasteiger partial charge in [0.1, 0.15) is 11.3 Å². The highest BCUT2D eigenvalue weighted by atomic mass is 79.9. The molecule has 5 heteroatoms. The predicted molar refractivity (Wildman–Crippen MR) is 73.6 cm³/mol. The third kappa shape index (κ3) is 1.76. The minimum atomic E-state index is -0.342. The lowest BCUT2D eigenvalue weighted by molar-refractivity contribution is 0.637. The second kappa shape index (κ2) is 4.10. The molecule has 3 nitrogen and oxygen atoms in total. The van der Waals surface area contributed by atoms with Gasteiger partial charge in [-0.2, -0.15) is 0 Å². The molecule has 0 aliphatic heterocycles.